The molecule has 0 spiro atoms. The fourth-order valence-electron chi connectivity index (χ4n) is 3.04. The van der Waals surface area contributed by atoms with Crippen LogP contribution in [0.5, 0.6) is 5.75 Å². The minimum absolute atomic E-state index is 0.0381. The molecule has 146 valence electrons. The summed E-state index contributed by atoms with van der Waals surface area (Å²) in [5, 5.41) is 3.78. The number of hydrogen-bond acceptors (Lipinski definition) is 4. The van der Waals surface area contributed by atoms with E-state index < -0.39 is 18.1 Å². The van der Waals surface area contributed by atoms with Gasteiger partial charge >= 0.3 is 0 Å². The Balaban J connectivity index is 1.71. The molecule has 1 aliphatic rings. The summed E-state index contributed by atoms with van der Waals surface area (Å²) in [5.41, 5.74) is 1.42. The van der Waals surface area contributed by atoms with Crippen LogP contribution in [0.25, 0.3) is 22.2 Å². The molecule has 1 amide bonds. The highest BCUT2D eigenvalue weighted by Crippen LogP contribution is 2.29. The number of nitrogens with zero attached hydrogens (tertiary/aromatic N) is 4. The predicted octanol–water partition coefficient (Wildman–Crippen LogP) is 3.30. The van der Waals surface area contributed by atoms with Gasteiger partial charge in [0.15, 0.2) is 11.6 Å². The Morgan fingerprint density at radius 2 is 2.04 bits per heavy atom. The largest absolute Gasteiger partial charge is 0.458 e. The summed E-state index contributed by atoms with van der Waals surface area (Å²) in [5.74, 6) is -1.85. The first-order valence-corrected chi connectivity index (χ1v) is 8.83. The minimum Gasteiger partial charge on any atom is -0.458 e. The van der Waals surface area contributed by atoms with Crippen molar-refractivity contribution >= 4 is 16.9 Å². The van der Waals surface area contributed by atoms with Crippen LogP contribution in [0.2, 0.25) is 0 Å². The Bertz CT molecular complexity index is 1050. The molecule has 0 saturated carbocycles. The van der Waals surface area contributed by atoms with Crippen molar-refractivity contribution in [3.8, 4) is 16.9 Å². The second-order valence-corrected chi connectivity index (χ2v) is 6.58. The number of pyridine rings is 1. The molecule has 3 aromatic rings. The van der Waals surface area contributed by atoms with Gasteiger partial charge < -0.3 is 9.64 Å². The highest BCUT2D eigenvalue weighted by atomic mass is 19.1. The quantitative estimate of drug-likeness (QED) is 0.671. The molecule has 4 rings (SSSR count). The average molecular weight is 390 g/mol. The second-order valence-electron chi connectivity index (χ2n) is 6.58. The topological polar surface area (TPSA) is 60.3 Å². The van der Waals surface area contributed by atoms with Crippen LogP contribution in [0.4, 0.5) is 13.2 Å². The predicted molar refractivity (Wildman–Crippen MR) is 95.3 cm³/mol. The Kier molecular flexibility index (Phi) is 4.66. The molecule has 9 heteroatoms. The summed E-state index contributed by atoms with van der Waals surface area (Å²) in [6.07, 6.45) is 0.691. The molecule has 1 fully saturated rings. The number of fused-ring (bicyclic) bond motifs is 1. The van der Waals surface area contributed by atoms with Crippen LogP contribution in [0.1, 0.15) is 13.3 Å². The number of alkyl halides is 1. The second kappa shape index (κ2) is 7.14. The zero-order valence-corrected chi connectivity index (χ0v) is 15.0. The van der Waals surface area contributed by atoms with Crippen molar-refractivity contribution < 1.29 is 22.7 Å². The molecular formula is C19H17F3N4O2. The third-order valence-corrected chi connectivity index (χ3v) is 4.60. The molecule has 0 N–H and O–H groups in total. The van der Waals surface area contributed by atoms with Crippen molar-refractivity contribution in [1.82, 2.24) is 19.7 Å². The van der Waals surface area contributed by atoms with E-state index in [1.807, 2.05) is 0 Å². The number of carbonyl (C=O) groups excluding carboxylic acids is 1. The summed E-state index contributed by atoms with van der Waals surface area (Å²) in [4.78, 5) is 18.0. The van der Waals surface area contributed by atoms with Crippen LogP contribution in [-0.2, 0) is 11.3 Å². The molecule has 6 nitrogen and oxygen atoms in total. The van der Waals surface area contributed by atoms with Crippen LogP contribution in [0, 0.1) is 11.8 Å². The van der Waals surface area contributed by atoms with E-state index in [1.54, 1.807) is 11.0 Å². The van der Waals surface area contributed by atoms with E-state index in [2.05, 4.69) is 10.1 Å². The van der Waals surface area contributed by atoms with Gasteiger partial charge in [-0.3, -0.25) is 9.48 Å². The van der Waals surface area contributed by atoms with Gasteiger partial charge in [-0.25, -0.2) is 13.8 Å². The first-order chi connectivity index (χ1) is 13.4. The monoisotopic (exact) mass is 390 g/mol. The van der Waals surface area contributed by atoms with Gasteiger partial charge in [-0.1, -0.05) is 6.07 Å². The summed E-state index contributed by atoms with van der Waals surface area (Å²) in [6, 6.07) is 5.59. The Morgan fingerprint density at radius 3 is 2.71 bits per heavy atom. The summed E-state index contributed by atoms with van der Waals surface area (Å²) in [6.45, 7) is 2.43. The Hall–Kier alpha value is -3.10. The van der Waals surface area contributed by atoms with Gasteiger partial charge in [0.05, 0.1) is 5.52 Å². The maximum Gasteiger partial charge on any atom is 0.258 e. The van der Waals surface area contributed by atoms with Gasteiger partial charge in [0, 0.05) is 31.8 Å². The van der Waals surface area contributed by atoms with Gasteiger partial charge in [-0.05, 0) is 30.2 Å². The van der Waals surface area contributed by atoms with Gasteiger partial charge in [0.25, 0.3) is 5.95 Å². The summed E-state index contributed by atoms with van der Waals surface area (Å²) >= 11 is 0. The molecule has 1 atom stereocenters. The fourth-order valence-corrected chi connectivity index (χ4v) is 3.04. The standard InChI is InChI=1S/C19H17F3N4O2/c1-11(20)28-16-8-12(3-4-14(16)21)13-7-15-18(23-9-13)19(22)24-26(15)10-17(27)25-5-2-6-25/h3-4,7-9,11H,2,5-6,10H2,1H3. The van der Waals surface area contributed by atoms with Crippen LogP contribution < -0.4 is 4.74 Å². The number of likely N-dealkylation sites (tertiary alicyclic amines) is 1. The number of amides is 1. The van der Waals surface area contributed by atoms with Gasteiger partial charge in [-0.15, -0.1) is 5.10 Å². The molecule has 1 saturated heterocycles. The summed E-state index contributed by atoms with van der Waals surface area (Å²) in [7, 11) is 0. The van der Waals surface area contributed by atoms with Crippen LogP contribution in [0.3, 0.4) is 0 Å². The normalized spacial score (nSPS) is 14.8. The third-order valence-electron chi connectivity index (χ3n) is 4.60. The molecule has 28 heavy (non-hydrogen) atoms. The zero-order chi connectivity index (χ0) is 19.8. The van der Waals surface area contributed by atoms with E-state index in [1.165, 1.54) is 23.0 Å². The van der Waals surface area contributed by atoms with Crippen LogP contribution >= 0.6 is 0 Å². The van der Waals surface area contributed by atoms with E-state index in [0.717, 1.165) is 19.4 Å². The van der Waals surface area contributed by atoms with E-state index in [-0.39, 0.29) is 23.7 Å². The highest BCUT2D eigenvalue weighted by molar-refractivity contribution is 5.83. The highest BCUT2D eigenvalue weighted by Gasteiger charge is 2.22. The van der Waals surface area contributed by atoms with Crippen molar-refractivity contribution in [2.45, 2.75) is 26.2 Å². The van der Waals surface area contributed by atoms with E-state index in [4.69, 9.17) is 4.74 Å². The average Bonchev–Trinajstić information content (AvgIpc) is 2.90. The zero-order valence-electron chi connectivity index (χ0n) is 15.0. The van der Waals surface area contributed by atoms with Crippen molar-refractivity contribution in [2.75, 3.05) is 13.1 Å². The van der Waals surface area contributed by atoms with Gasteiger partial charge in [-0.2, -0.15) is 4.39 Å². The van der Waals surface area contributed by atoms with Crippen molar-refractivity contribution in [3.05, 3.63) is 42.2 Å². The SMILES string of the molecule is CC(F)Oc1cc(-c2cnc3c(F)nn(CC(=O)N4CCC4)c3c2)ccc1F. The smallest absolute Gasteiger partial charge is 0.258 e. The molecule has 3 heterocycles. The van der Waals surface area contributed by atoms with E-state index >= 15 is 0 Å². The number of carbonyl (C=O) groups is 1. The van der Waals surface area contributed by atoms with Crippen molar-refractivity contribution in [1.29, 1.82) is 0 Å². The first-order valence-electron chi connectivity index (χ1n) is 8.83. The molecule has 0 bridgehead atoms. The van der Waals surface area contributed by atoms with Crippen molar-refractivity contribution in [2.24, 2.45) is 0 Å². The van der Waals surface area contributed by atoms with Gasteiger partial charge in [0.1, 0.15) is 12.1 Å². The van der Waals surface area contributed by atoms with Crippen LogP contribution in [0.15, 0.2) is 30.5 Å². The summed E-state index contributed by atoms with van der Waals surface area (Å²) < 4.78 is 47.1. The lowest BCUT2D eigenvalue weighted by Crippen LogP contribution is -2.43. The minimum atomic E-state index is -1.67. The van der Waals surface area contributed by atoms with Gasteiger partial charge in [0.2, 0.25) is 12.3 Å². The number of hydrogen-bond donors (Lipinski definition) is 0. The molecular weight excluding hydrogens is 373 g/mol. The van der Waals surface area contributed by atoms with E-state index in [0.29, 0.717) is 29.7 Å². The lowest BCUT2D eigenvalue weighted by molar-refractivity contribution is -0.135. The Morgan fingerprint density at radius 1 is 1.25 bits per heavy atom. The van der Waals surface area contributed by atoms with E-state index in [9.17, 15) is 18.0 Å². The van der Waals surface area contributed by atoms with Crippen LogP contribution in [-0.4, -0.2) is 45.0 Å². The molecule has 0 aliphatic carbocycles. The molecule has 0 radical (unpaired) electrons. The number of benzene rings is 1. The maximum absolute atomic E-state index is 14.1. The Labute approximate surface area is 158 Å². The third kappa shape index (κ3) is 3.39. The maximum atomic E-state index is 14.1. The molecule has 1 aliphatic heterocycles. The fraction of sp³-hybridized carbons (Fsp3) is 0.316. The first kappa shape index (κ1) is 18.3. The van der Waals surface area contributed by atoms with Crippen molar-refractivity contribution in [3.63, 3.8) is 0 Å². The number of aromatic nitrogens is 3. The number of halogens is 3. The molecule has 1 unspecified atom stereocenters. The molecule has 1 aromatic carbocycles. The lowest BCUT2D eigenvalue weighted by atomic mass is 10.1. The lowest BCUT2D eigenvalue weighted by Gasteiger charge is -2.30. The molecule has 2 aromatic heterocycles. The number of rotatable bonds is 5. The number of ether oxygens (including phenoxy) is 1.